The van der Waals surface area contributed by atoms with Crippen LogP contribution < -0.4 is 4.74 Å². The number of hydrogen-bond acceptors (Lipinski definition) is 3. The maximum Gasteiger partial charge on any atom is 0.512 e. The number of aromatic nitrogens is 1. The average Bonchev–Trinajstić information content (AvgIpc) is 2.40. The van der Waals surface area contributed by atoms with Crippen molar-refractivity contribution in [2.24, 2.45) is 0 Å². The van der Waals surface area contributed by atoms with E-state index in [9.17, 15) is 4.79 Å². The Bertz CT molecular complexity index is 627. The molecular weight excluding hydrogens is 266 g/mol. The van der Waals surface area contributed by atoms with Crippen molar-refractivity contribution in [1.82, 2.24) is 4.98 Å². The highest BCUT2D eigenvalue weighted by atomic mass is 16.7. The standard InChI is InChI=1S/C17H19NO3/c1-17(2,3)14-8-6-12(7-9-14)11-13-5-4-10-18-15(13)21-16(19)20/h4-10H,11H2,1-3H3,(H,19,20). The van der Waals surface area contributed by atoms with Gasteiger partial charge in [0.1, 0.15) is 0 Å². The summed E-state index contributed by atoms with van der Waals surface area (Å²) in [7, 11) is 0. The minimum atomic E-state index is -1.35. The lowest BCUT2D eigenvalue weighted by Crippen LogP contribution is -2.11. The van der Waals surface area contributed by atoms with E-state index in [1.165, 1.54) is 11.8 Å². The van der Waals surface area contributed by atoms with Gasteiger partial charge in [-0.2, -0.15) is 0 Å². The van der Waals surface area contributed by atoms with E-state index in [-0.39, 0.29) is 11.3 Å². The van der Waals surface area contributed by atoms with Crippen molar-refractivity contribution in [2.45, 2.75) is 32.6 Å². The molecule has 2 rings (SSSR count). The Kier molecular flexibility index (Phi) is 4.26. The first-order valence-corrected chi connectivity index (χ1v) is 6.80. The van der Waals surface area contributed by atoms with Crippen molar-refractivity contribution in [1.29, 1.82) is 0 Å². The van der Waals surface area contributed by atoms with Crippen LogP contribution >= 0.6 is 0 Å². The van der Waals surface area contributed by atoms with Crippen LogP contribution in [0.3, 0.4) is 0 Å². The molecule has 2 aromatic rings. The van der Waals surface area contributed by atoms with E-state index < -0.39 is 6.16 Å². The molecule has 110 valence electrons. The summed E-state index contributed by atoms with van der Waals surface area (Å²) in [6.45, 7) is 6.51. The Morgan fingerprint density at radius 3 is 2.43 bits per heavy atom. The van der Waals surface area contributed by atoms with Gasteiger partial charge in [0.15, 0.2) is 0 Å². The van der Waals surface area contributed by atoms with Crippen LogP contribution in [0.15, 0.2) is 42.6 Å². The molecule has 1 N–H and O–H groups in total. The van der Waals surface area contributed by atoms with Crippen LogP contribution in [-0.2, 0) is 11.8 Å². The lowest BCUT2D eigenvalue weighted by atomic mass is 9.86. The van der Waals surface area contributed by atoms with Crippen LogP contribution in [0.4, 0.5) is 4.79 Å². The van der Waals surface area contributed by atoms with Crippen LogP contribution in [0, 0.1) is 0 Å². The maximum absolute atomic E-state index is 10.7. The van der Waals surface area contributed by atoms with Gasteiger partial charge in [0.2, 0.25) is 5.88 Å². The molecule has 0 bridgehead atoms. The van der Waals surface area contributed by atoms with E-state index in [0.29, 0.717) is 6.42 Å². The van der Waals surface area contributed by atoms with E-state index in [2.05, 4.69) is 50.0 Å². The molecule has 0 amide bonds. The molecule has 0 spiro atoms. The van der Waals surface area contributed by atoms with Crippen molar-refractivity contribution < 1.29 is 14.6 Å². The van der Waals surface area contributed by atoms with Crippen LogP contribution in [0.5, 0.6) is 5.88 Å². The van der Waals surface area contributed by atoms with Gasteiger partial charge in [0, 0.05) is 18.2 Å². The maximum atomic E-state index is 10.7. The van der Waals surface area contributed by atoms with Gasteiger partial charge in [-0.3, -0.25) is 0 Å². The van der Waals surface area contributed by atoms with Crippen LogP contribution in [-0.4, -0.2) is 16.2 Å². The molecule has 0 aliphatic carbocycles. The van der Waals surface area contributed by atoms with E-state index in [0.717, 1.165) is 11.1 Å². The molecule has 4 nitrogen and oxygen atoms in total. The van der Waals surface area contributed by atoms with Gasteiger partial charge in [-0.15, -0.1) is 0 Å². The van der Waals surface area contributed by atoms with Gasteiger partial charge in [-0.05, 0) is 22.6 Å². The summed E-state index contributed by atoms with van der Waals surface area (Å²) >= 11 is 0. The van der Waals surface area contributed by atoms with Gasteiger partial charge < -0.3 is 9.84 Å². The fourth-order valence-corrected chi connectivity index (χ4v) is 2.08. The normalized spacial score (nSPS) is 11.2. The number of carboxylic acid groups (broad SMARTS) is 1. The van der Waals surface area contributed by atoms with Crippen molar-refractivity contribution in [2.75, 3.05) is 0 Å². The molecule has 0 unspecified atom stereocenters. The smallest absolute Gasteiger partial charge is 0.449 e. The summed E-state index contributed by atoms with van der Waals surface area (Å²) in [5, 5.41) is 8.72. The van der Waals surface area contributed by atoms with Gasteiger partial charge in [0.05, 0.1) is 0 Å². The fraction of sp³-hybridized carbons (Fsp3) is 0.294. The molecule has 0 saturated carbocycles. The summed E-state index contributed by atoms with van der Waals surface area (Å²) in [6.07, 6.45) is 0.753. The number of rotatable bonds is 3. The highest BCUT2D eigenvalue weighted by Gasteiger charge is 2.14. The largest absolute Gasteiger partial charge is 0.512 e. The fourth-order valence-electron chi connectivity index (χ4n) is 2.08. The lowest BCUT2D eigenvalue weighted by molar-refractivity contribution is 0.142. The highest BCUT2D eigenvalue weighted by molar-refractivity contribution is 5.61. The van der Waals surface area contributed by atoms with Crippen LogP contribution in [0.1, 0.15) is 37.5 Å². The number of hydrogen-bond donors (Lipinski definition) is 1. The number of benzene rings is 1. The number of ether oxygens (including phenoxy) is 1. The predicted octanol–water partition coefficient (Wildman–Crippen LogP) is 4.03. The molecule has 1 aromatic carbocycles. The second-order valence-electron chi connectivity index (χ2n) is 5.96. The lowest BCUT2D eigenvalue weighted by Gasteiger charge is -2.19. The Morgan fingerprint density at radius 2 is 1.86 bits per heavy atom. The Morgan fingerprint density at radius 1 is 1.19 bits per heavy atom. The van der Waals surface area contributed by atoms with E-state index >= 15 is 0 Å². The molecule has 21 heavy (non-hydrogen) atoms. The number of pyridine rings is 1. The summed E-state index contributed by atoms with van der Waals surface area (Å²) in [5.74, 6) is 0.143. The number of nitrogens with zero attached hydrogens (tertiary/aromatic N) is 1. The quantitative estimate of drug-likeness (QED) is 0.865. The summed E-state index contributed by atoms with van der Waals surface area (Å²) < 4.78 is 4.70. The van der Waals surface area contributed by atoms with Crippen molar-refractivity contribution >= 4 is 6.16 Å². The van der Waals surface area contributed by atoms with E-state index in [1.807, 2.05) is 6.07 Å². The molecule has 0 atom stereocenters. The molecule has 0 saturated heterocycles. The zero-order chi connectivity index (χ0) is 15.5. The first-order valence-electron chi connectivity index (χ1n) is 6.80. The molecular formula is C17H19NO3. The molecule has 0 aliphatic rings. The van der Waals surface area contributed by atoms with Crippen LogP contribution in [0.2, 0.25) is 0 Å². The molecule has 1 heterocycles. The summed E-state index contributed by atoms with van der Waals surface area (Å²) in [6, 6.07) is 11.9. The third kappa shape index (κ3) is 4.05. The van der Waals surface area contributed by atoms with Crippen molar-refractivity contribution in [3.05, 3.63) is 59.3 Å². The first-order chi connectivity index (χ1) is 9.86. The topological polar surface area (TPSA) is 59.4 Å². The van der Waals surface area contributed by atoms with Crippen molar-refractivity contribution in [3.8, 4) is 5.88 Å². The Labute approximate surface area is 124 Å². The third-order valence-corrected chi connectivity index (χ3v) is 3.25. The zero-order valence-electron chi connectivity index (χ0n) is 12.5. The third-order valence-electron chi connectivity index (χ3n) is 3.25. The molecule has 0 aliphatic heterocycles. The van der Waals surface area contributed by atoms with Gasteiger partial charge in [-0.25, -0.2) is 9.78 Å². The van der Waals surface area contributed by atoms with Crippen molar-refractivity contribution in [3.63, 3.8) is 0 Å². The van der Waals surface area contributed by atoms with E-state index in [4.69, 9.17) is 9.84 Å². The monoisotopic (exact) mass is 285 g/mol. The van der Waals surface area contributed by atoms with E-state index in [1.54, 1.807) is 6.07 Å². The molecule has 1 aromatic heterocycles. The van der Waals surface area contributed by atoms with Gasteiger partial charge >= 0.3 is 6.16 Å². The Balaban J connectivity index is 2.20. The summed E-state index contributed by atoms with van der Waals surface area (Å²) in [5.41, 5.74) is 3.22. The zero-order valence-corrected chi connectivity index (χ0v) is 12.5. The molecule has 0 radical (unpaired) electrons. The predicted molar refractivity (Wildman–Crippen MR) is 80.8 cm³/mol. The Hall–Kier alpha value is -2.36. The molecule has 4 heteroatoms. The van der Waals surface area contributed by atoms with Gasteiger partial charge in [-0.1, -0.05) is 51.1 Å². The SMILES string of the molecule is CC(C)(C)c1ccc(Cc2cccnc2OC(=O)O)cc1. The van der Waals surface area contributed by atoms with Crippen LogP contribution in [0.25, 0.3) is 0 Å². The average molecular weight is 285 g/mol. The minimum Gasteiger partial charge on any atom is -0.449 e. The molecule has 0 fully saturated rings. The number of carbonyl (C=O) groups is 1. The summed E-state index contributed by atoms with van der Waals surface area (Å²) in [4.78, 5) is 14.6. The first kappa shape index (κ1) is 15.0. The second-order valence-corrected chi connectivity index (χ2v) is 5.96. The van der Waals surface area contributed by atoms with Gasteiger partial charge in [0.25, 0.3) is 0 Å². The minimum absolute atomic E-state index is 0.115. The second kappa shape index (κ2) is 5.95. The highest BCUT2D eigenvalue weighted by Crippen LogP contribution is 2.24.